The summed E-state index contributed by atoms with van der Waals surface area (Å²) in [7, 11) is 0. The van der Waals surface area contributed by atoms with E-state index >= 15 is 0 Å². The smallest absolute Gasteiger partial charge is 0.223 e. The fourth-order valence-electron chi connectivity index (χ4n) is 2.07. The summed E-state index contributed by atoms with van der Waals surface area (Å²) in [5.41, 5.74) is 0.858. The molecule has 0 aliphatic heterocycles. The Morgan fingerprint density at radius 1 is 1.32 bits per heavy atom. The Balaban J connectivity index is 2.30. The van der Waals surface area contributed by atoms with Crippen molar-refractivity contribution in [2.75, 3.05) is 6.61 Å². The van der Waals surface area contributed by atoms with Crippen LogP contribution in [0.25, 0.3) is 0 Å². The minimum Gasteiger partial charge on any atom is -0.494 e. The lowest BCUT2D eigenvalue weighted by molar-refractivity contribution is 0.0828. The number of aryl methyl sites for hydroxylation is 1. The molecule has 0 saturated heterocycles. The van der Waals surface area contributed by atoms with Gasteiger partial charge in [0.25, 0.3) is 0 Å². The lowest BCUT2D eigenvalue weighted by atomic mass is 9.93. The predicted molar refractivity (Wildman–Crippen MR) is 78.8 cm³/mol. The Hall–Kier alpha value is -2.87. The fourth-order valence-corrected chi connectivity index (χ4v) is 2.07. The van der Waals surface area contributed by atoms with Crippen LogP contribution in [0, 0.1) is 24.2 Å². The number of carbonyl (C=O) groups is 2. The predicted octanol–water partition coefficient (Wildman–Crippen LogP) is 3.19. The minimum absolute atomic E-state index is 0.0425. The van der Waals surface area contributed by atoms with E-state index in [-0.39, 0.29) is 11.3 Å². The second-order valence-electron chi connectivity index (χ2n) is 4.68. The summed E-state index contributed by atoms with van der Waals surface area (Å²) in [4.78, 5) is 24.8. The number of ketones is 2. The molecule has 0 N–H and O–H groups in total. The molecule has 2 aromatic rings. The van der Waals surface area contributed by atoms with Crippen LogP contribution in [0.3, 0.4) is 0 Å². The molecule has 1 aromatic heterocycles. The molecule has 2 rings (SSSR count). The van der Waals surface area contributed by atoms with Crippen molar-refractivity contribution in [3.8, 4) is 11.8 Å². The van der Waals surface area contributed by atoms with Gasteiger partial charge in [-0.25, -0.2) is 0 Å². The molecule has 0 aliphatic carbocycles. The molecule has 0 radical (unpaired) electrons. The van der Waals surface area contributed by atoms with Gasteiger partial charge in [0.1, 0.15) is 5.75 Å². The molecular weight excluding hydrogens is 282 g/mol. The van der Waals surface area contributed by atoms with Gasteiger partial charge in [0.2, 0.25) is 5.78 Å². The molecule has 0 amide bonds. The summed E-state index contributed by atoms with van der Waals surface area (Å²) in [6, 6.07) is 9.82. The maximum atomic E-state index is 12.4. The van der Waals surface area contributed by atoms with Gasteiger partial charge in [0, 0.05) is 5.56 Å². The van der Waals surface area contributed by atoms with Gasteiger partial charge in [-0.3, -0.25) is 9.59 Å². The molecule has 112 valence electrons. The van der Waals surface area contributed by atoms with Crippen LogP contribution in [0.2, 0.25) is 0 Å². The fraction of sp³-hybridized carbons (Fsp3) is 0.235. The number of nitrogens with zero attached hydrogens (tertiary/aromatic N) is 1. The van der Waals surface area contributed by atoms with Crippen molar-refractivity contribution in [1.82, 2.24) is 0 Å². The first-order chi connectivity index (χ1) is 10.6. The molecule has 0 bridgehead atoms. The van der Waals surface area contributed by atoms with Crippen molar-refractivity contribution in [2.45, 2.75) is 13.8 Å². The number of benzene rings is 1. The van der Waals surface area contributed by atoms with Gasteiger partial charge in [-0.15, -0.1) is 0 Å². The van der Waals surface area contributed by atoms with E-state index in [0.29, 0.717) is 17.9 Å². The maximum Gasteiger partial charge on any atom is 0.223 e. The lowest BCUT2D eigenvalue weighted by Crippen LogP contribution is -2.23. The standard InChI is InChI=1S/C17H15NO4/c1-3-21-13-6-4-5-12(9-13)15(19)14(10-18)16(20)17-11(2)7-8-22-17/h4-9,14H,3H2,1-2H3. The van der Waals surface area contributed by atoms with Crippen LogP contribution in [-0.2, 0) is 0 Å². The highest BCUT2D eigenvalue weighted by molar-refractivity contribution is 6.17. The minimum atomic E-state index is -1.43. The molecule has 5 heteroatoms. The molecule has 0 fully saturated rings. The van der Waals surface area contributed by atoms with Gasteiger partial charge < -0.3 is 9.15 Å². The van der Waals surface area contributed by atoms with Crippen LogP contribution in [0.4, 0.5) is 0 Å². The highest BCUT2D eigenvalue weighted by Gasteiger charge is 2.31. The molecule has 1 heterocycles. The molecule has 5 nitrogen and oxygen atoms in total. The van der Waals surface area contributed by atoms with E-state index in [2.05, 4.69) is 0 Å². The third-order valence-corrected chi connectivity index (χ3v) is 3.17. The zero-order valence-electron chi connectivity index (χ0n) is 12.3. The second kappa shape index (κ2) is 6.72. The largest absolute Gasteiger partial charge is 0.494 e. The van der Waals surface area contributed by atoms with Crippen LogP contribution in [0.15, 0.2) is 41.0 Å². The van der Waals surface area contributed by atoms with Crippen LogP contribution in [-0.4, -0.2) is 18.2 Å². The SMILES string of the molecule is CCOc1cccc(C(=O)C(C#N)C(=O)c2occc2C)c1. The Morgan fingerprint density at radius 2 is 2.09 bits per heavy atom. The maximum absolute atomic E-state index is 12.4. The Bertz CT molecular complexity index is 739. The van der Waals surface area contributed by atoms with Gasteiger partial charge >= 0.3 is 0 Å². The van der Waals surface area contributed by atoms with E-state index in [1.54, 1.807) is 37.3 Å². The topological polar surface area (TPSA) is 80.3 Å². The number of ether oxygens (including phenoxy) is 1. The molecule has 0 spiro atoms. The number of furan rings is 1. The lowest BCUT2D eigenvalue weighted by Gasteiger charge is -2.08. The first-order valence-electron chi connectivity index (χ1n) is 6.83. The van der Waals surface area contributed by atoms with Crippen LogP contribution < -0.4 is 4.74 Å². The number of nitriles is 1. The number of hydrogen-bond acceptors (Lipinski definition) is 5. The third kappa shape index (κ3) is 3.07. The zero-order chi connectivity index (χ0) is 16.1. The first-order valence-corrected chi connectivity index (χ1v) is 6.83. The zero-order valence-corrected chi connectivity index (χ0v) is 12.3. The summed E-state index contributed by atoms with van der Waals surface area (Å²) >= 11 is 0. The van der Waals surface area contributed by atoms with Gasteiger partial charge in [0.05, 0.1) is 18.9 Å². The number of rotatable bonds is 6. The average molecular weight is 297 g/mol. The van der Waals surface area contributed by atoms with E-state index in [1.807, 2.05) is 6.92 Å². The summed E-state index contributed by atoms with van der Waals surface area (Å²) in [6.07, 6.45) is 1.36. The number of hydrogen-bond donors (Lipinski definition) is 0. The van der Waals surface area contributed by atoms with Gasteiger partial charge in [-0.2, -0.15) is 5.26 Å². The van der Waals surface area contributed by atoms with Crippen molar-refractivity contribution < 1.29 is 18.7 Å². The van der Waals surface area contributed by atoms with E-state index in [9.17, 15) is 14.9 Å². The Labute approximate surface area is 128 Å². The van der Waals surface area contributed by atoms with Crippen molar-refractivity contribution in [1.29, 1.82) is 5.26 Å². The summed E-state index contributed by atoms with van der Waals surface area (Å²) in [5.74, 6) is -2.06. The second-order valence-corrected chi connectivity index (χ2v) is 4.68. The van der Waals surface area contributed by atoms with Crippen molar-refractivity contribution in [3.63, 3.8) is 0 Å². The van der Waals surface area contributed by atoms with E-state index in [4.69, 9.17) is 9.15 Å². The summed E-state index contributed by atoms with van der Waals surface area (Å²) < 4.78 is 10.4. The van der Waals surface area contributed by atoms with Crippen LogP contribution >= 0.6 is 0 Å². The quantitative estimate of drug-likeness (QED) is 0.604. The number of carbonyl (C=O) groups excluding carboxylic acids is 2. The van der Waals surface area contributed by atoms with E-state index in [0.717, 1.165) is 0 Å². The highest BCUT2D eigenvalue weighted by Crippen LogP contribution is 2.20. The normalized spacial score (nSPS) is 11.5. The first kappa shape index (κ1) is 15.5. The molecular formula is C17H15NO4. The van der Waals surface area contributed by atoms with Gasteiger partial charge in [0.15, 0.2) is 17.5 Å². The molecule has 1 atom stereocenters. The van der Waals surface area contributed by atoms with Gasteiger partial charge in [-0.05, 0) is 37.6 Å². The van der Waals surface area contributed by atoms with Crippen LogP contribution in [0.1, 0.15) is 33.4 Å². The van der Waals surface area contributed by atoms with Gasteiger partial charge in [-0.1, -0.05) is 12.1 Å². The molecule has 1 unspecified atom stereocenters. The summed E-state index contributed by atoms with van der Waals surface area (Å²) in [5, 5.41) is 9.23. The Kier molecular flexibility index (Phi) is 4.74. The van der Waals surface area contributed by atoms with Crippen molar-refractivity contribution >= 4 is 11.6 Å². The molecule has 1 aromatic carbocycles. The highest BCUT2D eigenvalue weighted by atomic mass is 16.5. The van der Waals surface area contributed by atoms with Crippen LogP contribution in [0.5, 0.6) is 5.75 Å². The van der Waals surface area contributed by atoms with Crippen molar-refractivity contribution in [3.05, 3.63) is 53.5 Å². The average Bonchev–Trinajstić information content (AvgIpc) is 2.94. The Morgan fingerprint density at radius 3 is 2.68 bits per heavy atom. The monoisotopic (exact) mass is 297 g/mol. The van der Waals surface area contributed by atoms with Crippen molar-refractivity contribution in [2.24, 2.45) is 5.92 Å². The molecule has 0 saturated carbocycles. The molecule has 22 heavy (non-hydrogen) atoms. The molecule has 0 aliphatic rings. The van der Waals surface area contributed by atoms with E-state index < -0.39 is 17.5 Å². The summed E-state index contributed by atoms with van der Waals surface area (Å²) in [6.45, 7) is 3.98. The van der Waals surface area contributed by atoms with E-state index in [1.165, 1.54) is 12.3 Å². The third-order valence-electron chi connectivity index (χ3n) is 3.17. The number of Topliss-reactive ketones (excluding diaryl/α,β-unsaturated/α-hetero) is 2.